The number of aromatic nitrogens is 4. The second-order valence-corrected chi connectivity index (χ2v) is 6.30. The molecule has 3 N–H and O–H groups in total. The van der Waals surface area contributed by atoms with Gasteiger partial charge in [-0.3, -0.25) is 14.6 Å². The Labute approximate surface area is 149 Å². The molecular weight excluding hydrogens is 344 g/mol. The fourth-order valence-corrected chi connectivity index (χ4v) is 2.01. The molecule has 2 aromatic heterocycles. The first-order valence-electron chi connectivity index (χ1n) is 8.01. The second-order valence-electron chi connectivity index (χ2n) is 6.30. The number of anilines is 1. The van der Waals surface area contributed by atoms with Crippen molar-refractivity contribution >= 4 is 29.2 Å². The molecule has 11 heteroatoms. The number of H-pyrrole nitrogens is 1. The lowest BCUT2D eigenvalue weighted by Crippen LogP contribution is -2.35. The standard InChI is InChI=1S/C15H22N6O5/c1-5-25-9(22)6-21-8-18-10-11(21)19-13(20-12(10)23)16-7-17-14(24)26-15(2,3)4/h8H,5-7H2,1-4H3,(H,17,24)(H2,16,19,20,23). The van der Waals surface area contributed by atoms with Crippen LogP contribution in [0, 0.1) is 0 Å². The van der Waals surface area contributed by atoms with E-state index < -0.39 is 23.2 Å². The van der Waals surface area contributed by atoms with Gasteiger partial charge in [-0.05, 0) is 27.7 Å². The summed E-state index contributed by atoms with van der Waals surface area (Å²) in [6.45, 7) is 7.06. The van der Waals surface area contributed by atoms with Crippen molar-refractivity contribution in [1.82, 2.24) is 24.8 Å². The van der Waals surface area contributed by atoms with E-state index in [-0.39, 0.29) is 36.9 Å². The smallest absolute Gasteiger partial charge is 0.409 e. The van der Waals surface area contributed by atoms with Gasteiger partial charge in [-0.15, -0.1) is 0 Å². The lowest BCUT2D eigenvalue weighted by atomic mass is 10.2. The number of nitrogens with one attached hydrogen (secondary N) is 3. The first-order chi connectivity index (χ1) is 12.2. The van der Waals surface area contributed by atoms with Crippen LogP contribution in [0.4, 0.5) is 10.7 Å². The Balaban J connectivity index is 2.08. The van der Waals surface area contributed by atoms with Crippen LogP contribution in [0.1, 0.15) is 27.7 Å². The summed E-state index contributed by atoms with van der Waals surface area (Å²) in [6.07, 6.45) is 0.729. The van der Waals surface area contributed by atoms with Crippen molar-refractivity contribution in [3.05, 3.63) is 16.7 Å². The molecular formula is C15H22N6O5. The van der Waals surface area contributed by atoms with Gasteiger partial charge in [0.15, 0.2) is 11.2 Å². The van der Waals surface area contributed by atoms with Crippen LogP contribution in [-0.2, 0) is 20.8 Å². The van der Waals surface area contributed by atoms with Crippen LogP contribution in [0.25, 0.3) is 11.2 Å². The highest BCUT2D eigenvalue weighted by Gasteiger charge is 2.16. The third-order valence-electron chi connectivity index (χ3n) is 2.97. The third-order valence-corrected chi connectivity index (χ3v) is 2.97. The Morgan fingerprint density at radius 1 is 1.35 bits per heavy atom. The van der Waals surface area contributed by atoms with Crippen LogP contribution < -0.4 is 16.2 Å². The number of carbonyl (C=O) groups excluding carboxylic acids is 2. The van der Waals surface area contributed by atoms with Crippen molar-refractivity contribution in [3.8, 4) is 0 Å². The van der Waals surface area contributed by atoms with Crippen molar-refractivity contribution in [1.29, 1.82) is 0 Å². The number of esters is 1. The summed E-state index contributed by atoms with van der Waals surface area (Å²) in [7, 11) is 0. The minimum Gasteiger partial charge on any atom is -0.465 e. The summed E-state index contributed by atoms with van der Waals surface area (Å²) in [5.74, 6) is -0.348. The second kappa shape index (κ2) is 7.85. The van der Waals surface area contributed by atoms with Gasteiger partial charge in [0, 0.05) is 0 Å². The van der Waals surface area contributed by atoms with Crippen LogP contribution in [0.2, 0.25) is 0 Å². The fraction of sp³-hybridized carbons (Fsp3) is 0.533. The third kappa shape index (κ3) is 5.19. The van der Waals surface area contributed by atoms with Gasteiger partial charge in [0.25, 0.3) is 5.56 Å². The van der Waals surface area contributed by atoms with E-state index in [4.69, 9.17) is 9.47 Å². The zero-order chi connectivity index (χ0) is 19.3. The Hall–Kier alpha value is -3.11. The zero-order valence-electron chi connectivity index (χ0n) is 15.1. The van der Waals surface area contributed by atoms with Crippen LogP contribution in [-0.4, -0.2) is 50.5 Å². The predicted octanol–water partition coefficient (Wildman–Crippen LogP) is 0.577. The molecule has 2 aromatic rings. The lowest BCUT2D eigenvalue weighted by molar-refractivity contribution is -0.143. The summed E-state index contributed by atoms with van der Waals surface area (Å²) >= 11 is 0. The van der Waals surface area contributed by atoms with Gasteiger partial charge in [0.1, 0.15) is 12.1 Å². The van der Waals surface area contributed by atoms with Crippen LogP contribution >= 0.6 is 0 Å². The van der Waals surface area contributed by atoms with E-state index in [1.165, 1.54) is 10.9 Å². The number of carbonyl (C=O) groups is 2. The molecule has 0 atom stereocenters. The highest BCUT2D eigenvalue weighted by Crippen LogP contribution is 2.08. The highest BCUT2D eigenvalue weighted by atomic mass is 16.6. The van der Waals surface area contributed by atoms with Gasteiger partial charge in [0.05, 0.1) is 19.6 Å². The van der Waals surface area contributed by atoms with Crippen molar-refractivity contribution in [2.45, 2.75) is 39.8 Å². The number of hydrogen-bond acceptors (Lipinski definition) is 8. The first kappa shape index (κ1) is 19.2. The van der Waals surface area contributed by atoms with Gasteiger partial charge >= 0.3 is 12.1 Å². The molecule has 0 aromatic carbocycles. The minimum absolute atomic E-state index is 0.0185. The fourth-order valence-electron chi connectivity index (χ4n) is 2.01. The normalized spacial score (nSPS) is 11.2. The number of alkyl carbamates (subject to hydrolysis) is 1. The van der Waals surface area contributed by atoms with E-state index in [9.17, 15) is 14.4 Å². The van der Waals surface area contributed by atoms with Crippen molar-refractivity contribution in [3.63, 3.8) is 0 Å². The average Bonchev–Trinajstić information content (AvgIpc) is 2.89. The van der Waals surface area contributed by atoms with Gasteiger partial charge in [-0.2, -0.15) is 4.98 Å². The van der Waals surface area contributed by atoms with Crippen LogP contribution in [0.3, 0.4) is 0 Å². The molecule has 0 saturated heterocycles. The number of aromatic amines is 1. The van der Waals surface area contributed by atoms with E-state index in [0.29, 0.717) is 0 Å². The molecule has 0 bridgehead atoms. The maximum atomic E-state index is 12.1. The first-order valence-corrected chi connectivity index (χ1v) is 8.01. The molecule has 0 unspecified atom stereocenters. The monoisotopic (exact) mass is 366 g/mol. The topological polar surface area (TPSA) is 140 Å². The summed E-state index contributed by atoms with van der Waals surface area (Å²) in [5, 5.41) is 5.24. The lowest BCUT2D eigenvalue weighted by Gasteiger charge is -2.19. The van der Waals surface area contributed by atoms with E-state index in [1.54, 1.807) is 27.7 Å². The molecule has 142 valence electrons. The van der Waals surface area contributed by atoms with E-state index >= 15 is 0 Å². The Morgan fingerprint density at radius 3 is 2.73 bits per heavy atom. The Bertz CT molecular complexity index is 850. The van der Waals surface area contributed by atoms with Crippen molar-refractivity contribution in [2.75, 3.05) is 18.6 Å². The molecule has 0 spiro atoms. The largest absolute Gasteiger partial charge is 0.465 e. The summed E-state index contributed by atoms with van der Waals surface area (Å²) in [6, 6.07) is 0. The Kier molecular flexibility index (Phi) is 5.80. The zero-order valence-corrected chi connectivity index (χ0v) is 15.1. The van der Waals surface area contributed by atoms with Gasteiger partial charge in [0.2, 0.25) is 5.95 Å². The van der Waals surface area contributed by atoms with E-state index in [0.717, 1.165) is 0 Å². The number of fused-ring (bicyclic) bond motifs is 1. The highest BCUT2D eigenvalue weighted by molar-refractivity contribution is 5.75. The number of rotatable bonds is 6. The number of ether oxygens (including phenoxy) is 2. The van der Waals surface area contributed by atoms with Crippen molar-refractivity contribution in [2.24, 2.45) is 0 Å². The van der Waals surface area contributed by atoms with Crippen molar-refractivity contribution < 1.29 is 19.1 Å². The quantitative estimate of drug-likeness (QED) is 0.498. The molecule has 2 heterocycles. The van der Waals surface area contributed by atoms with Crippen LogP contribution in [0.5, 0.6) is 0 Å². The SMILES string of the molecule is CCOC(=O)Cn1cnc2c(=O)[nH]c(NCNC(=O)OC(C)(C)C)nc21. The summed E-state index contributed by atoms with van der Waals surface area (Å²) in [4.78, 5) is 46.0. The molecule has 0 fully saturated rings. The maximum Gasteiger partial charge on any atom is 0.409 e. The molecule has 1 amide bonds. The van der Waals surface area contributed by atoms with E-state index in [2.05, 4.69) is 25.6 Å². The summed E-state index contributed by atoms with van der Waals surface area (Å²) < 4.78 is 11.4. The maximum absolute atomic E-state index is 12.1. The van der Waals surface area contributed by atoms with Gasteiger partial charge in [-0.1, -0.05) is 0 Å². The molecule has 2 rings (SSSR count). The number of amides is 1. The van der Waals surface area contributed by atoms with E-state index in [1.807, 2.05) is 0 Å². The van der Waals surface area contributed by atoms with Gasteiger partial charge in [-0.25, -0.2) is 9.78 Å². The Morgan fingerprint density at radius 2 is 2.08 bits per heavy atom. The summed E-state index contributed by atoms with van der Waals surface area (Å²) in [5.41, 5.74) is -0.770. The molecule has 11 nitrogen and oxygen atoms in total. The molecule has 26 heavy (non-hydrogen) atoms. The molecule has 0 aliphatic carbocycles. The van der Waals surface area contributed by atoms with Gasteiger partial charge < -0.3 is 24.7 Å². The molecule has 0 aliphatic rings. The minimum atomic E-state index is -0.616. The average molecular weight is 366 g/mol. The molecule has 0 radical (unpaired) electrons. The molecule has 0 saturated carbocycles. The predicted molar refractivity (Wildman–Crippen MR) is 92.6 cm³/mol. The molecule has 0 aliphatic heterocycles. The number of nitrogens with zero attached hydrogens (tertiary/aromatic N) is 3. The number of imidazole rings is 1. The number of hydrogen-bond donors (Lipinski definition) is 3. The van der Waals surface area contributed by atoms with Crippen LogP contribution in [0.15, 0.2) is 11.1 Å².